The Labute approximate surface area is 128 Å². The summed E-state index contributed by atoms with van der Waals surface area (Å²) in [4.78, 5) is 39.1. The van der Waals surface area contributed by atoms with E-state index >= 15 is 0 Å². The fraction of sp³-hybridized carbons (Fsp3) is 0.438. The molecule has 2 aliphatic heterocycles. The van der Waals surface area contributed by atoms with Gasteiger partial charge in [-0.1, -0.05) is 18.2 Å². The number of primary amides is 1. The Hall–Kier alpha value is -2.37. The molecule has 0 spiro atoms. The monoisotopic (exact) mass is 301 g/mol. The summed E-state index contributed by atoms with van der Waals surface area (Å²) in [5.41, 5.74) is 7.20. The van der Waals surface area contributed by atoms with Crippen LogP contribution in [0.25, 0.3) is 0 Å². The molecule has 1 saturated heterocycles. The van der Waals surface area contributed by atoms with Crippen molar-refractivity contribution in [3.8, 4) is 0 Å². The number of hydrogen-bond donors (Lipinski definition) is 1. The van der Waals surface area contributed by atoms with Crippen LogP contribution in [0, 0.1) is 5.92 Å². The van der Waals surface area contributed by atoms with Gasteiger partial charge in [0.2, 0.25) is 5.91 Å². The van der Waals surface area contributed by atoms with Crippen molar-refractivity contribution in [2.75, 3.05) is 24.5 Å². The van der Waals surface area contributed by atoms with Crippen molar-refractivity contribution in [3.63, 3.8) is 0 Å². The molecule has 0 atom stereocenters. The van der Waals surface area contributed by atoms with Crippen LogP contribution in [0.2, 0.25) is 0 Å². The number of benzene rings is 1. The lowest BCUT2D eigenvalue weighted by atomic mass is 9.96. The Kier molecular flexibility index (Phi) is 3.83. The van der Waals surface area contributed by atoms with Gasteiger partial charge in [-0.3, -0.25) is 14.4 Å². The summed E-state index contributed by atoms with van der Waals surface area (Å²) in [6.07, 6.45) is 1.84. The van der Waals surface area contributed by atoms with E-state index < -0.39 is 11.8 Å². The molecule has 6 nitrogen and oxygen atoms in total. The zero-order valence-corrected chi connectivity index (χ0v) is 12.3. The minimum Gasteiger partial charge on any atom is -0.369 e. The second-order valence-electron chi connectivity index (χ2n) is 5.80. The summed E-state index contributed by atoms with van der Waals surface area (Å²) in [7, 11) is 0. The van der Waals surface area contributed by atoms with E-state index in [4.69, 9.17) is 5.73 Å². The molecule has 2 N–H and O–H groups in total. The van der Waals surface area contributed by atoms with Crippen LogP contribution in [0.4, 0.5) is 5.69 Å². The lowest BCUT2D eigenvalue weighted by Crippen LogP contribution is -2.48. The van der Waals surface area contributed by atoms with Gasteiger partial charge in [0.05, 0.1) is 0 Å². The molecule has 1 fully saturated rings. The number of carbonyl (C=O) groups is 3. The van der Waals surface area contributed by atoms with Crippen LogP contribution < -0.4 is 10.6 Å². The molecule has 22 heavy (non-hydrogen) atoms. The molecule has 0 aliphatic carbocycles. The highest BCUT2D eigenvalue weighted by molar-refractivity contribution is 6.40. The van der Waals surface area contributed by atoms with Gasteiger partial charge < -0.3 is 15.5 Å². The summed E-state index contributed by atoms with van der Waals surface area (Å²) < 4.78 is 0. The molecule has 3 amide bonds. The molecule has 0 radical (unpaired) electrons. The zero-order valence-electron chi connectivity index (χ0n) is 12.3. The second-order valence-corrected chi connectivity index (χ2v) is 5.80. The number of nitrogens with zero attached hydrogens (tertiary/aromatic N) is 2. The van der Waals surface area contributed by atoms with Crippen LogP contribution in [0.1, 0.15) is 18.4 Å². The molecular weight excluding hydrogens is 282 g/mol. The van der Waals surface area contributed by atoms with Crippen molar-refractivity contribution in [2.24, 2.45) is 11.7 Å². The molecule has 0 bridgehead atoms. The number of fused-ring (bicyclic) bond motifs is 1. The smallest absolute Gasteiger partial charge is 0.316 e. The third-order valence-corrected chi connectivity index (χ3v) is 4.50. The number of rotatable bonds is 1. The third kappa shape index (κ3) is 2.56. The highest BCUT2D eigenvalue weighted by Crippen LogP contribution is 2.28. The van der Waals surface area contributed by atoms with E-state index in [1.807, 2.05) is 24.3 Å². The van der Waals surface area contributed by atoms with Gasteiger partial charge in [0.15, 0.2) is 0 Å². The zero-order chi connectivity index (χ0) is 15.7. The van der Waals surface area contributed by atoms with E-state index in [9.17, 15) is 14.4 Å². The maximum atomic E-state index is 12.5. The SMILES string of the molecule is NC(=O)C1CCN(C(=O)C(=O)N2CCc3ccccc32)CC1. The molecule has 3 rings (SSSR count). The summed E-state index contributed by atoms with van der Waals surface area (Å²) in [6, 6.07) is 7.65. The number of nitrogens with two attached hydrogens (primary N) is 1. The Morgan fingerprint density at radius 2 is 1.68 bits per heavy atom. The Bertz CT molecular complexity index is 621. The molecule has 2 aliphatic rings. The average Bonchev–Trinajstić information content (AvgIpc) is 2.97. The Morgan fingerprint density at radius 3 is 2.36 bits per heavy atom. The Morgan fingerprint density at radius 1 is 1.00 bits per heavy atom. The van der Waals surface area contributed by atoms with Crippen LogP contribution in [-0.2, 0) is 20.8 Å². The first-order valence-electron chi connectivity index (χ1n) is 7.56. The third-order valence-electron chi connectivity index (χ3n) is 4.50. The van der Waals surface area contributed by atoms with Crippen LogP contribution >= 0.6 is 0 Å². The first-order valence-corrected chi connectivity index (χ1v) is 7.56. The summed E-state index contributed by atoms with van der Waals surface area (Å²) in [5.74, 6) is -1.49. The van der Waals surface area contributed by atoms with Gasteiger partial charge in [-0.05, 0) is 30.9 Å². The van der Waals surface area contributed by atoms with Gasteiger partial charge in [0.1, 0.15) is 0 Å². The van der Waals surface area contributed by atoms with Gasteiger partial charge in [-0.15, -0.1) is 0 Å². The maximum absolute atomic E-state index is 12.5. The normalized spacial score (nSPS) is 18.2. The second kappa shape index (κ2) is 5.79. The number of hydrogen-bond acceptors (Lipinski definition) is 3. The van der Waals surface area contributed by atoms with E-state index in [1.54, 1.807) is 4.90 Å². The van der Waals surface area contributed by atoms with Crippen LogP contribution in [0.3, 0.4) is 0 Å². The minimum atomic E-state index is -0.486. The van der Waals surface area contributed by atoms with Crippen molar-refractivity contribution in [2.45, 2.75) is 19.3 Å². The fourth-order valence-electron chi connectivity index (χ4n) is 3.17. The van der Waals surface area contributed by atoms with Crippen molar-refractivity contribution in [3.05, 3.63) is 29.8 Å². The molecule has 0 aromatic heterocycles. The number of carbonyl (C=O) groups excluding carboxylic acids is 3. The summed E-state index contributed by atoms with van der Waals surface area (Å²) in [6.45, 7) is 1.36. The number of anilines is 1. The van der Waals surface area contributed by atoms with E-state index in [1.165, 1.54) is 4.90 Å². The highest BCUT2D eigenvalue weighted by Gasteiger charge is 2.34. The van der Waals surface area contributed by atoms with Crippen LogP contribution in [-0.4, -0.2) is 42.3 Å². The molecule has 1 aromatic rings. The summed E-state index contributed by atoms with van der Waals surface area (Å²) >= 11 is 0. The van der Waals surface area contributed by atoms with Crippen molar-refractivity contribution >= 4 is 23.4 Å². The number of para-hydroxylation sites is 1. The molecular formula is C16H19N3O3. The molecule has 0 saturated carbocycles. The van der Waals surface area contributed by atoms with Gasteiger partial charge in [-0.25, -0.2) is 0 Å². The van der Waals surface area contributed by atoms with Gasteiger partial charge >= 0.3 is 11.8 Å². The van der Waals surface area contributed by atoms with E-state index in [2.05, 4.69) is 0 Å². The molecule has 116 valence electrons. The van der Waals surface area contributed by atoms with Gasteiger partial charge in [0.25, 0.3) is 0 Å². The quantitative estimate of drug-likeness (QED) is 0.757. The standard InChI is InChI=1S/C16H19N3O3/c17-14(20)12-5-8-18(9-6-12)15(21)16(22)19-10-7-11-3-1-2-4-13(11)19/h1-4,12H,5-10H2,(H2,17,20). The van der Waals surface area contributed by atoms with Crippen LogP contribution in [0.5, 0.6) is 0 Å². The predicted octanol–water partition coefficient (Wildman–Crippen LogP) is 0.300. The molecule has 2 heterocycles. The van der Waals surface area contributed by atoms with Gasteiger partial charge in [-0.2, -0.15) is 0 Å². The fourth-order valence-corrected chi connectivity index (χ4v) is 3.17. The number of likely N-dealkylation sites (tertiary alicyclic amines) is 1. The Balaban J connectivity index is 1.67. The summed E-state index contributed by atoms with van der Waals surface area (Å²) in [5, 5.41) is 0. The predicted molar refractivity (Wildman–Crippen MR) is 81.0 cm³/mol. The first kappa shape index (κ1) is 14.6. The van der Waals surface area contributed by atoms with Crippen molar-refractivity contribution in [1.29, 1.82) is 0 Å². The van der Waals surface area contributed by atoms with E-state index in [0.717, 1.165) is 17.7 Å². The first-order chi connectivity index (χ1) is 10.6. The van der Waals surface area contributed by atoms with Crippen LogP contribution in [0.15, 0.2) is 24.3 Å². The van der Waals surface area contributed by atoms with E-state index in [0.29, 0.717) is 32.5 Å². The lowest BCUT2D eigenvalue weighted by molar-refractivity contribution is -0.145. The van der Waals surface area contributed by atoms with Crippen molar-refractivity contribution < 1.29 is 14.4 Å². The largest absolute Gasteiger partial charge is 0.369 e. The number of piperidine rings is 1. The maximum Gasteiger partial charge on any atom is 0.316 e. The number of amides is 3. The molecule has 0 unspecified atom stereocenters. The highest BCUT2D eigenvalue weighted by atomic mass is 16.2. The van der Waals surface area contributed by atoms with Gasteiger partial charge in [0, 0.05) is 31.2 Å². The molecule has 6 heteroatoms. The minimum absolute atomic E-state index is 0.188. The topological polar surface area (TPSA) is 83.7 Å². The van der Waals surface area contributed by atoms with Crippen molar-refractivity contribution in [1.82, 2.24) is 4.90 Å². The lowest BCUT2D eigenvalue weighted by Gasteiger charge is -2.31. The molecule has 1 aromatic carbocycles. The average molecular weight is 301 g/mol. The van der Waals surface area contributed by atoms with E-state index in [-0.39, 0.29) is 11.8 Å².